The molecule has 2 rings (SSSR count). The van der Waals surface area contributed by atoms with Crippen LogP contribution < -0.4 is 5.32 Å². The Morgan fingerprint density at radius 3 is 2.59 bits per heavy atom. The molecule has 0 radical (unpaired) electrons. The molecule has 17 heavy (non-hydrogen) atoms. The lowest BCUT2D eigenvalue weighted by atomic mass is 10.1. The molecule has 4 heteroatoms. The molecular weight excluding hydrogens is 212 g/mol. The predicted molar refractivity (Wildman–Crippen MR) is 67.6 cm³/mol. The van der Waals surface area contributed by atoms with E-state index in [1.54, 1.807) is 0 Å². The number of H-pyrrole nitrogens is 1. The minimum absolute atomic E-state index is 0.312. The first-order valence-corrected chi connectivity index (χ1v) is 5.82. The van der Waals surface area contributed by atoms with Crippen LogP contribution in [0.2, 0.25) is 0 Å². The van der Waals surface area contributed by atoms with Crippen LogP contribution >= 0.6 is 0 Å². The van der Waals surface area contributed by atoms with Gasteiger partial charge in [0.05, 0.1) is 5.69 Å². The second kappa shape index (κ2) is 5.10. The Labute approximate surface area is 101 Å². The van der Waals surface area contributed by atoms with E-state index in [1.165, 1.54) is 11.1 Å². The third-order valence-electron chi connectivity index (χ3n) is 3.07. The lowest BCUT2D eigenvalue weighted by molar-refractivity contribution is 0.571. The van der Waals surface area contributed by atoms with E-state index in [0.717, 1.165) is 17.9 Å². The first kappa shape index (κ1) is 11.8. The molecule has 0 saturated heterocycles. The number of rotatable bonds is 4. The van der Waals surface area contributed by atoms with Crippen LogP contribution in [0.15, 0.2) is 24.5 Å². The Morgan fingerprint density at radius 1 is 1.29 bits per heavy atom. The Bertz CT molecular complexity index is 456. The second-order valence-corrected chi connectivity index (χ2v) is 4.30. The number of nitrogens with one attached hydrogen (secondary N) is 2. The average molecular weight is 230 g/mol. The zero-order chi connectivity index (χ0) is 12.3. The van der Waals surface area contributed by atoms with Crippen molar-refractivity contribution in [3.05, 3.63) is 47.0 Å². The quantitative estimate of drug-likeness (QED) is 0.847. The van der Waals surface area contributed by atoms with Crippen LogP contribution in [0.1, 0.15) is 35.5 Å². The maximum atomic E-state index is 4.19. The van der Waals surface area contributed by atoms with Crippen molar-refractivity contribution in [2.75, 3.05) is 0 Å². The monoisotopic (exact) mass is 230 g/mol. The highest BCUT2D eigenvalue weighted by atomic mass is 15.1. The highest BCUT2D eigenvalue weighted by molar-refractivity contribution is 5.23. The lowest BCUT2D eigenvalue weighted by Crippen LogP contribution is -2.18. The molecule has 2 aromatic heterocycles. The normalized spacial score (nSPS) is 12.6. The van der Waals surface area contributed by atoms with Gasteiger partial charge in [-0.3, -0.25) is 10.1 Å². The fourth-order valence-electron chi connectivity index (χ4n) is 1.86. The fraction of sp³-hybridized carbons (Fsp3) is 0.385. The SMILES string of the molecule is Cc1n[nH]c(C)c1CNC(C)c1ccncc1. The van der Waals surface area contributed by atoms with E-state index in [9.17, 15) is 0 Å². The molecule has 2 heterocycles. The van der Waals surface area contributed by atoms with Crippen molar-refractivity contribution in [1.82, 2.24) is 20.5 Å². The van der Waals surface area contributed by atoms with E-state index >= 15 is 0 Å². The smallest absolute Gasteiger partial charge is 0.0638 e. The van der Waals surface area contributed by atoms with Gasteiger partial charge in [0.1, 0.15) is 0 Å². The highest BCUT2D eigenvalue weighted by Gasteiger charge is 2.09. The van der Waals surface area contributed by atoms with Gasteiger partial charge < -0.3 is 5.32 Å². The number of aryl methyl sites for hydroxylation is 2. The minimum atomic E-state index is 0.312. The molecular formula is C13H18N4. The first-order chi connectivity index (χ1) is 8.18. The topological polar surface area (TPSA) is 53.6 Å². The maximum Gasteiger partial charge on any atom is 0.0638 e. The minimum Gasteiger partial charge on any atom is -0.306 e. The Hall–Kier alpha value is -1.68. The molecule has 0 aliphatic heterocycles. The number of hydrogen-bond acceptors (Lipinski definition) is 3. The standard InChI is InChI=1S/C13H18N4/c1-9(12-4-6-14-7-5-12)15-8-13-10(2)16-17-11(13)3/h4-7,9,15H,8H2,1-3H3,(H,16,17). The summed E-state index contributed by atoms with van der Waals surface area (Å²) in [6, 6.07) is 4.38. The summed E-state index contributed by atoms with van der Waals surface area (Å²) in [5.74, 6) is 0. The summed E-state index contributed by atoms with van der Waals surface area (Å²) >= 11 is 0. The lowest BCUT2D eigenvalue weighted by Gasteiger charge is -2.14. The van der Waals surface area contributed by atoms with Crippen molar-refractivity contribution < 1.29 is 0 Å². The molecule has 0 aliphatic rings. The van der Waals surface area contributed by atoms with Crippen molar-refractivity contribution >= 4 is 0 Å². The van der Waals surface area contributed by atoms with Gasteiger partial charge in [-0.05, 0) is 38.5 Å². The summed E-state index contributed by atoms with van der Waals surface area (Å²) in [5, 5.41) is 10.7. The number of aromatic amines is 1. The van der Waals surface area contributed by atoms with E-state index in [4.69, 9.17) is 0 Å². The largest absolute Gasteiger partial charge is 0.306 e. The van der Waals surface area contributed by atoms with E-state index < -0.39 is 0 Å². The zero-order valence-electron chi connectivity index (χ0n) is 10.5. The predicted octanol–water partition coefficient (Wildman–Crippen LogP) is 2.27. The van der Waals surface area contributed by atoms with E-state index in [-0.39, 0.29) is 0 Å². The fourth-order valence-corrected chi connectivity index (χ4v) is 1.86. The molecule has 2 N–H and O–H groups in total. The molecule has 90 valence electrons. The van der Waals surface area contributed by atoms with Gasteiger partial charge in [-0.2, -0.15) is 5.10 Å². The maximum absolute atomic E-state index is 4.19. The third kappa shape index (κ3) is 2.71. The second-order valence-electron chi connectivity index (χ2n) is 4.30. The summed E-state index contributed by atoms with van der Waals surface area (Å²) in [6.07, 6.45) is 3.64. The van der Waals surface area contributed by atoms with Crippen LogP contribution in [-0.2, 0) is 6.54 Å². The zero-order valence-corrected chi connectivity index (χ0v) is 10.5. The van der Waals surface area contributed by atoms with Crippen molar-refractivity contribution in [2.24, 2.45) is 0 Å². The van der Waals surface area contributed by atoms with Gasteiger partial charge in [-0.15, -0.1) is 0 Å². The molecule has 0 aliphatic carbocycles. The van der Waals surface area contributed by atoms with E-state index in [2.05, 4.69) is 27.4 Å². The van der Waals surface area contributed by atoms with Crippen molar-refractivity contribution in [1.29, 1.82) is 0 Å². The molecule has 0 spiro atoms. The highest BCUT2D eigenvalue weighted by Crippen LogP contribution is 2.14. The molecule has 2 aromatic rings. The van der Waals surface area contributed by atoms with Crippen molar-refractivity contribution in [2.45, 2.75) is 33.4 Å². The van der Waals surface area contributed by atoms with Crippen molar-refractivity contribution in [3.63, 3.8) is 0 Å². The Morgan fingerprint density at radius 2 is 2.00 bits per heavy atom. The molecule has 0 saturated carbocycles. The number of aromatic nitrogens is 3. The number of nitrogens with zero attached hydrogens (tertiary/aromatic N) is 2. The summed E-state index contributed by atoms with van der Waals surface area (Å²) in [6.45, 7) is 7.06. The van der Waals surface area contributed by atoms with Crippen LogP contribution in [0.5, 0.6) is 0 Å². The van der Waals surface area contributed by atoms with Crippen LogP contribution in [0.4, 0.5) is 0 Å². The number of hydrogen-bond donors (Lipinski definition) is 2. The Balaban J connectivity index is 1.99. The van der Waals surface area contributed by atoms with Gasteiger partial charge in [-0.1, -0.05) is 0 Å². The summed E-state index contributed by atoms with van der Waals surface area (Å²) in [7, 11) is 0. The molecule has 4 nitrogen and oxygen atoms in total. The molecule has 1 unspecified atom stereocenters. The van der Waals surface area contributed by atoms with E-state index in [1.807, 2.05) is 38.4 Å². The van der Waals surface area contributed by atoms with Crippen LogP contribution in [0.25, 0.3) is 0 Å². The van der Waals surface area contributed by atoms with Crippen LogP contribution in [0, 0.1) is 13.8 Å². The van der Waals surface area contributed by atoms with Crippen molar-refractivity contribution in [3.8, 4) is 0 Å². The van der Waals surface area contributed by atoms with Gasteiger partial charge in [-0.25, -0.2) is 0 Å². The third-order valence-corrected chi connectivity index (χ3v) is 3.07. The van der Waals surface area contributed by atoms with Gasteiger partial charge in [0, 0.05) is 36.2 Å². The summed E-state index contributed by atoms with van der Waals surface area (Å²) in [5.41, 5.74) is 4.71. The van der Waals surface area contributed by atoms with E-state index in [0.29, 0.717) is 6.04 Å². The molecule has 0 bridgehead atoms. The average Bonchev–Trinajstić information content (AvgIpc) is 2.67. The van der Waals surface area contributed by atoms with Gasteiger partial charge in [0.25, 0.3) is 0 Å². The molecule has 0 fully saturated rings. The summed E-state index contributed by atoms with van der Waals surface area (Å²) < 4.78 is 0. The molecule has 1 atom stereocenters. The van der Waals surface area contributed by atoms with Crippen LogP contribution in [-0.4, -0.2) is 15.2 Å². The van der Waals surface area contributed by atoms with Gasteiger partial charge in [0.2, 0.25) is 0 Å². The Kier molecular flexibility index (Phi) is 3.54. The molecule has 0 amide bonds. The number of pyridine rings is 1. The summed E-state index contributed by atoms with van der Waals surface area (Å²) in [4.78, 5) is 4.02. The van der Waals surface area contributed by atoms with Gasteiger partial charge in [0.15, 0.2) is 0 Å². The molecule has 0 aromatic carbocycles. The first-order valence-electron chi connectivity index (χ1n) is 5.82. The van der Waals surface area contributed by atoms with Crippen LogP contribution in [0.3, 0.4) is 0 Å². The van der Waals surface area contributed by atoms with Gasteiger partial charge >= 0.3 is 0 Å².